The van der Waals surface area contributed by atoms with Crippen molar-refractivity contribution >= 4 is 38.6 Å². The molecule has 3 heterocycles. The van der Waals surface area contributed by atoms with E-state index in [0.29, 0.717) is 23.7 Å². The first-order valence-electron chi connectivity index (χ1n) is 8.33. The van der Waals surface area contributed by atoms with E-state index >= 15 is 0 Å². The van der Waals surface area contributed by atoms with E-state index in [2.05, 4.69) is 11.4 Å². The minimum atomic E-state index is -3.49. The highest BCUT2D eigenvalue weighted by Crippen LogP contribution is 2.28. The van der Waals surface area contributed by atoms with Crippen LogP contribution in [0, 0.1) is 12.8 Å². The number of aryl methyl sites for hydroxylation is 1. The van der Waals surface area contributed by atoms with Gasteiger partial charge in [-0.2, -0.15) is 4.31 Å². The predicted molar refractivity (Wildman–Crippen MR) is 102 cm³/mol. The number of piperidine rings is 1. The average molecular weight is 399 g/mol. The highest BCUT2D eigenvalue weighted by Gasteiger charge is 2.33. The zero-order valence-corrected chi connectivity index (χ0v) is 16.6. The summed E-state index contributed by atoms with van der Waals surface area (Å²) in [5, 5.41) is 4.98. The Kier molecular flexibility index (Phi) is 5.93. The molecule has 8 heteroatoms. The Balaban J connectivity index is 1.57. The summed E-state index contributed by atoms with van der Waals surface area (Å²) in [6.45, 7) is 3.23. The quantitative estimate of drug-likeness (QED) is 0.814. The number of hydrogen-bond acceptors (Lipinski definition) is 5. The first-order chi connectivity index (χ1) is 12.0. The zero-order chi connectivity index (χ0) is 17.9. The number of sulfonamides is 1. The maximum Gasteiger partial charge on any atom is 0.252 e. The number of amides is 1. The Morgan fingerprint density at radius 2 is 2.20 bits per heavy atom. The molecule has 5 nitrogen and oxygen atoms in total. The molecule has 0 aliphatic carbocycles. The van der Waals surface area contributed by atoms with Gasteiger partial charge in [-0.25, -0.2) is 8.42 Å². The van der Waals surface area contributed by atoms with E-state index in [9.17, 15) is 13.2 Å². The van der Waals surface area contributed by atoms with E-state index in [1.807, 2.05) is 24.4 Å². The van der Waals surface area contributed by atoms with Gasteiger partial charge in [-0.1, -0.05) is 6.07 Å². The van der Waals surface area contributed by atoms with E-state index in [0.717, 1.165) is 17.7 Å². The van der Waals surface area contributed by atoms with E-state index < -0.39 is 10.0 Å². The molecule has 2 aromatic heterocycles. The fourth-order valence-corrected chi connectivity index (χ4v) is 6.63. The molecule has 0 bridgehead atoms. The summed E-state index contributed by atoms with van der Waals surface area (Å²) >= 11 is 2.96. The number of hydrogen-bond donors (Lipinski definition) is 1. The van der Waals surface area contributed by atoms with Crippen LogP contribution in [0.5, 0.6) is 0 Å². The monoisotopic (exact) mass is 398 g/mol. The molecular formula is C17H22N2O3S3. The molecule has 3 rings (SSSR count). The summed E-state index contributed by atoms with van der Waals surface area (Å²) in [6.07, 6.45) is 2.26. The molecular weight excluding hydrogens is 376 g/mol. The second-order valence-electron chi connectivity index (χ2n) is 6.19. The first-order valence-corrected chi connectivity index (χ1v) is 11.5. The van der Waals surface area contributed by atoms with Crippen LogP contribution in [-0.4, -0.2) is 38.3 Å². The lowest BCUT2D eigenvalue weighted by atomic mass is 9.99. The molecule has 1 aliphatic rings. The number of carbonyl (C=O) groups is 1. The third-order valence-electron chi connectivity index (χ3n) is 4.32. The molecule has 1 saturated heterocycles. The first kappa shape index (κ1) is 18.6. The van der Waals surface area contributed by atoms with Crippen molar-refractivity contribution in [2.24, 2.45) is 5.92 Å². The van der Waals surface area contributed by atoms with Gasteiger partial charge in [0.2, 0.25) is 5.91 Å². The van der Waals surface area contributed by atoms with Gasteiger partial charge in [-0.05, 0) is 49.8 Å². The fraction of sp³-hybridized carbons (Fsp3) is 0.471. The third-order valence-corrected chi connectivity index (χ3v) is 8.58. The van der Waals surface area contributed by atoms with E-state index in [-0.39, 0.29) is 18.4 Å². The van der Waals surface area contributed by atoms with Crippen molar-refractivity contribution < 1.29 is 13.2 Å². The minimum absolute atomic E-state index is 0.0428. The standard InChI is InChI=1S/C17H22N2O3S3/c1-13-6-7-16(24-13)25(21,22)19-10-2-4-14(12-19)17(20)18-9-8-15-5-3-11-23-15/h3,5-7,11,14H,2,4,8-10,12H2,1H3,(H,18,20)/t14-/m0/s1. The lowest BCUT2D eigenvalue weighted by Crippen LogP contribution is -2.45. The van der Waals surface area contributed by atoms with Gasteiger partial charge in [0, 0.05) is 29.4 Å². The summed E-state index contributed by atoms with van der Waals surface area (Å²) in [4.78, 5) is 14.6. The smallest absolute Gasteiger partial charge is 0.252 e. The third kappa shape index (κ3) is 4.49. The fourth-order valence-electron chi connectivity index (χ4n) is 2.96. The topological polar surface area (TPSA) is 66.5 Å². The largest absolute Gasteiger partial charge is 0.355 e. The molecule has 136 valence electrons. The van der Waals surface area contributed by atoms with Crippen LogP contribution in [0.15, 0.2) is 33.9 Å². The number of nitrogens with zero attached hydrogens (tertiary/aromatic N) is 1. The van der Waals surface area contributed by atoms with Crippen molar-refractivity contribution in [3.63, 3.8) is 0 Å². The van der Waals surface area contributed by atoms with Crippen molar-refractivity contribution in [2.75, 3.05) is 19.6 Å². The van der Waals surface area contributed by atoms with Crippen molar-refractivity contribution in [3.8, 4) is 0 Å². The molecule has 0 saturated carbocycles. The maximum absolute atomic E-state index is 12.7. The maximum atomic E-state index is 12.7. The lowest BCUT2D eigenvalue weighted by molar-refractivity contribution is -0.126. The lowest BCUT2D eigenvalue weighted by Gasteiger charge is -2.30. The van der Waals surface area contributed by atoms with Crippen molar-refractivity contribution in [1.29, 1.82) is 0 Å². The van der Waals surface area contributed by atoms with Crippen molar-refractivity contribution in [1.82, 2.24) is 9.62 Å². The summed E-state index contributed by atoms with van der Waals surface area (Å²) < 4.78 is 27.3. The molecule has 0 unspecified atom stereocenters. The van der Waals surface area contributed by atoms with Gasteiger partial charge >= 0.3 is 0 Å². The second-order valence-corrected chi connectivity index (χ2v) is 10.7. The molecule has 2 aromatic rings. The van der Waals surface area contributed by atoms with Crippen LogP contribution in [0.2, 0.25) is 0 Å². The number of thiophene rings is 2. The predicted octanol–water partition coefficient (Wildman–Crippen LogP) is 2.88. The molecule has 0 radical (unpaired) electrons. The average Bonchev–Trinajstić information content (AvgIpc) is 3.27. The van der Waals surface area contributed by atoms with Crippen molar-refractivity contribution in [2.45, 2.75) is 30.4 Å². The minimum Gasteiger partial charge on any atom is -0.355 e. The summed E-state index contributed by atoms with van der Waals surface area (Å²) in [5.74, 6) is -0.313. The van der Waals surface area contributed by atoms with Crippen LogP contribution in [0.3, 0.4) is 0 Å². The summed E-state index contributed by atoms with van der Waals surface area (Å²) in [6, 6.07) is 7.52. The van der Waals surface area contributed by atoms with Gasteiger partial charge in [0.15, 0.2) is 0 Å². The normalized spacial score (nSPS) is 19.0. The number of rotatable bonds is 6. The van der Waals surface area contributed by atoms with Crippen LogP contribution in [-0.2, 0) is 21.2 Å². The van der Waals surface area contributed by atoms with Crippen molar-refractivity contribution in [3.05, 3.63) is 39.4 Å². The van der Waals surface area contributed by atoms with Gasteiger partial charge in [0.05, 0.1) is 5.92 Å². The SMILES string of the molecule is Cc1ccc(S(=O)(=O)N2CCC[C@H](C(=O)NCCc3cccs3)C2)s1. The molecule has 1 atom stereocenters. The highest BCUT2D eigenvalue weighted by atomic mass is 32.2. The van der Waals surface area contributed by atoms with Crippen LogP contribution in [0.1, 0.15) is 22.6 Å². The number of nitrogens with one attached hydrogen (secondary N) is 1. The molecule has 0 spiro atoms. The van der Waals surface area contributed by atoms with Gasteiger partial charge < -0.3 is 5.32 Å². The molecule has 0 aromatic carbocycles. The Morgan fingerprint density at radius 3 is 2.88 bits per heavy atom. The Labute approximate surface area is 156 Å². The Bertz CT molecular complexity index is 812. The van der Waals surface area contributed by atoms with E-state index in [1.54, 1.807) is 17.4 Å². The van der Waals surface area contributed by atoms with Crippen LogP contribution in [0.25, 0.3) is 0 Å². The van der Waals surface area contributed by atoms with Gasteiger partial charge in [-0.3, -0.25) is 4.79 Å². The van der Waals surface area contributed by atoms with Gasteiger partial charge in [-0.15, -0.1) is 22.7 Å². The van der Waals surface area contributed by atoms with Crippen LogP contribution in [0.4, 0.5) is 0 Å². The summed E-state index contributed by atoms with van der Waals surface area (Å²) in [5.41, 5.74) is 0. The molecule has 1 amide bonds. The zero-order valence-electron chi connectivity index (χ0n) is 14.1. The second kappa shape index (κ2) is 7.99. The van der Waals surface area contributed by atoms with Crippen LogP contribution >= 0.6 is 22.7 Å². The van der Waals surface area contributed by atoms with Gasteiger partial charge in [0.25, 0.3) is 10.0 Å². The van der Waals surface area contributed by atoms with E-state index in [1.165, 1.54) is 20.5 Å². The van der Waals surface area contributed by atoms with Gasteiger partial charge in [0.1, 0.15) is 4.21 Å². The molecule has 25 heavy (non-hydrogen) atoms. The molecule has 1 N–H and O–H groups in total. The van der Waals surface area contributed by atoms with E-state index in [4.69, 9.17) is 0 Å². The Morgan fingerprint density at radius 1 is 1.36 bits per heavy atom. The van der Waals surface area contributed by atoms with Crippen LogP contribution < -0.4 is 5.32 Å². The molecule has 1 fully saturated rings. The number of carbonyl (C=O) groups excluding carboxylic acids is 1. The highest BCUT2D eigenvalue weighted by molar-refractivity contribution is 7.91. The molecule has 1 aliphatic heterocycles. The Hall–Kier alpha value is -1.22. The summed E-state index contributed by atoms with van der Waals surface area (Å²) in [7, 11) is -3.49.